The zero-order valence-corrected chi connectivity index (χ0v) is 15.7. The van der Waals surface area contributed by atoms with Gasteiger partial charge in [-0.25, -0.2) is 9.59 Å². The molecule has 1 aromatic rings. The summed E-state index contributed by atoms with van der Waals surface area (Å²) in [4.78, 5) is 34.7. The van der Waals surface area contributed by atoms with Gasteiger partial charge in [-0.3, -0.25) is 10.1 Å². The van der Waals surface area contributed by atoms with Gasteiger partial charge in [-0.05, 0) is 44.4 Å². The summed E-state index contributed by atoms with van der Waals surface area (Å²) in [6, 6.07) is 2.56. The highest BCUT2D eigenvalue weighted by molar-refractivity contribution is 6.00. The maximum absolute atomic E-state index is 12.0. The van der Waals surface area contributed by atoms with Crippen LogP contribution in [0.4, 0.5) is 18.0 Å². The second-order valence-electron chi connectivity index (χ2n) is 6.52. The molecule has 2 N–H and O–H groups in total. The number of carbonyl (C=O) groups is 3. The molecule has 1 saturated carbocycles. The molecule has 1 fully saturated rings. The Labute approximate surface area is 164 Å². The first-order valence-electron chi connectivity index (χ1n) is 8.63. The highest BCUT2D eigenvalue weighted by Crippen LogP contribution is 2.38. The Morgan fingerprint density at radius 3 is 2.55 bits per heavy atom. The van der Waals surface area contributed by atoms with Crippen molar-refractivity contribution >= 4 is 24.0 Å². The molecule has 1 heterocycles. The number of nitrogens with one attached hydrogen (secondary N) is 2. The summed E-state index contributed by atoms with van der Waals surface area (Å²) in [6.45, 7) is 1.23. The second kappa shape index (κ2) is 8.81. The molecule has 0 aliphatic heterocycles. The summed E-state index contributed by atoms with van der Waals surface area (Å²) in [5.74, 6) is -2.23. The number of alkyl halides is 3. The van der Waals surface area contributed by atoms with Crippen LogP contribution in [0, 0.1) is 25.2 Å². The monoisotopic (exact) mass is 412 g/mol. The van der Waals surface area contributed by atoms with Crippen molar-refractivity contribution in [2.75, 3.05) is 13.2 Å². The number of urea groups is 1. The van der Waals surface area contributed by atoms with Crippen LogP contribution in [-0.4, -0.2) is 41.8 Å². The first kappa shape index (κ1) is 22.0. The molecule has 1 aliphatic carbocycles. The van der Waals surface area contributed by atoms with Crippen LogP contribution in [0.25, 0.3) is 6.08 Å². The van der Waals surface area contributed by atoms with Crippen LogP contribution in [0.15, 0.2) is 11.6 Å². The molecule has 1 aromatic heterocycles. The fourth-order valence-electron chi connectivity index (χ4n) is 2.73. The summed E-state index contributed by atoms with van der Waals surface area (Å²) in [7, 11) is 0. The lowest BCUT2D eigenvalue weighted by Crippen LogP contribution is -2.44. The normalized spacial score (nSPS) is 14.1. The average molecular weight is 412 g/mol. The van der Waals surface area contributed by atoms with Crippen LogP contribution in [0.1, 0.15) is 35.8 Å². The number of amides is 3. The highest BCUT2D eigenvalue weighted by atomic mass is 19.4. The molecule has 8 nitrogen and oxygen atoms in total. The van der Waals surface area contributed by atoms with Crippen molar-refractivity contribution in [1.82, 2.24) is 15.2 Å². The molecular formula is C18H19F3N4O4. The minimum Gasteiger partial charge on any atom is -0.451 e. The predicted molar refractivity (Wildman–Crippen MR) is 94.3 cm³/mol. The Hall–Kier alpha value is -3.29. The largest absolute Gasteiger partial charge is 0.451 e. The van der Waals surface area contributed by atoms with E-state index in [1.807, 2.05) is 19.9 Å². The molecule has 0 unspecified atom stereocenters. The van der Waals surface area contributed by atoms with Crippen molar-refractivity contribution in [3.8, 4) is 6.07 Å². The number of imide groups is 1. The third kappa shape index (κ3) is 6.38. The summed E-state index contributed by atoms with van der Waals surface area (Å²) in [6.07, 6.45) is -1.15. The molecule has 0 bridgehead atoms. The van der Waals surface area contributed by atoms with Crippen LogP contribution in [-0.2, 0) is 14.3 Å². The minimum atomic E-state index is -4.63. The SMILES string of the molecule is Cc1cc(/C=C(\C#N)C(=O)OCC(=O)NC(=O)NCC(F)(F)F)c(C)n1C1CC1. The van der Waals surface area contributed by atoms with E-state index < -0.39 is 37.2 Å². The number of hydrogen-bond acceptors (Lipinski definition) is 5. The van der Waals surface area contributed by atoms with Gasteiger partial charge in [0.2, 0.25) is 0 Å². The summed E-state index contributed by atoms with van der Waals surface area (Å²) in [5, 5.41) is 12.2. The molecule has 29 heavy (non-hydrogen) atoms. The van der Waals surface area contributed by atoms with E-state index in [0.29, 0.717) is 11.6 Å². The lowest BCUT2D eigenvalue weighted by atomic mass is 10.1. The number of aromatic nitrogens is 1. The van der Waals surface area contributed by atoms with E-state index in [9.17, 15) is 32.8 Å². The first-order valence-corrected chi connectivity index (χ1v) is 8.63. The van der Waals surface area contributed by atoms with E-state index in [2.05, 4.69) is 9.30 Å². The molecule has 3 amide bonds. The molecule has 0 spiro atoms. The Kier molecular flexibility index (Phi) is 6.68. The van der Waals surface area contributed by atoms with Crippen LogP contribution in [0.5, 0.6) is 0 Å². The smallest absolute Gasteiger partial charge is 0.405 e. The lowest BCUT2D eigenvalue weighted by molar-refractivity contribution is -0.144. The Bertz CT molecular complexity index is 892. The molecule has 1 aliphatic rings. The van der Waals surface area contributed by atoms with Crippen molar-refractivity contribution in [3.05, 3.63) is 28.6 Å². The number of carbonyl (C=O) groups excluding carboxylic acids is 3. The number of rotatable bonds is 6. The van der Waals surface area contributed by atoms with Crippen molar-refractivity contribution in [2.45, 2.75) is 38.9 Å². The summed E-state index contributed by atoms with van der Waals surface area (Å²) >= 11 is 0. The number of ether oxygens (including phenoxy) is 1. The maximum atomic E-state index is 12.0. The fourth-order valence-corrected chi connectivity index (χ4v) is 2.73. The third-order valence-corrected chi connectivity index (χ3v) is 4.11. The molecule has 0 aromatic carbocycles. The van der Waals surface area contributed by atoms with Gasteiger partial charge in [0.25, 0.3) is 5.91 Å². The lowest BCUT2D eigenvalue weighted by Gasteiger charge is -2.09. The maximum Gasteiger partial charge on any atom is 0.405 e. The van der Waals surface area contributed by atoms with E-state index >= 15 is 0 Å². The number of aryl methyl sites for hydroxylation is 1. The van der Waals surface area contributed by atoms with Crippen molar-refractivity contribution < 1.29 is 32.3 Å². The number of nitriles is 1. The Morgan fingerprint density at radius 1 is 1.34 bits per heavy atom. The van der Waals surface area contributed by atoms with Gasteiger partial charge in [0, 0.05) is 17.4 Å². The molecule has 2 rings (SSSR count). The number of halogens is 3. The van der Waals surface area contributed by atoms with Gasteiger partial charge in [-0.2, -0.15) is 18.4 Å². The second-order valence-corrected chi connectivity index (χ2v) is 6.52. The molecule has 11 heteroatoms. The van der Waals surface area contributed by atoms with Gasteiger partial charge < -0.3 is 14.6 Å². The highest BCUT2D eigenvalue weighted by Gasteiger charge is 2.28. The molecule has 0 saturated heterocycles. The summed E-state index contributed by atoms with van der Waals surface area (Å²) in [5.41, 5.74) is 2.20. The van der Waals surface area contributed by atoms with E-state index in [0.717, 1.165) is 24.2 Å². The van der Waals surface area contributed by atoms with Gasteiger partial charge in [0.15, 0.2) is 6.61 Å². The number of esters is 1. The van der Waals surface area contributed by atoms with Gasteiger partial charge in [0.05, 0.1) is 0 Å². The van der Waals surface area contributed by atoms with Crippen molar-refractivity contribution in [3.63, 3.8) is 0 Å². The van der Waals surface area contributed by atoms with Gasteiger partial charge in [-0.1, -0.05) is 0 Å². The standard InChI is InChI=1S/C18H19F3N4O4/c1-10-5-12(11(2)25(10)14-3-4-14)6-13(7-22)16(27)29-8-15(26)24-17(28)23-9-18(19,20)21/h5-6,14H,3-4,8-9H2,1-2H3,(H2,23,24,26,28)/b13-6+. The van der Waals surface area contributed by atoms with Gasteiger partial charge in [0.1, 0.15) is 18.2 Å². The van der Waals surface area contributed by atoms with E-state index in [-0.39, 0.29) is 5.57 Å². The Balaban J connectivity index is 1.92. The van der Waals surface area contributed by atoms with Crippen molar-refractivity contribution in [2.24, 2.45) is 0 Å². The zero-order valence-electron chi connectivity index (χ0n) is 15.7. The van der Waals surface area contributed by atoms with E-state index in [1.54, 1.807) is 11.4 Å². The number of hydrogen-bond donors (Lipinski definition) is 2. The van der Waals surface area contributed by atoms with Crippen LogP contribution in [0.2, 0.25) is 0 Å². The number of nitrogens with zero attached hydrogens (tertiary/aromatic N) is 2. The van der Waals surface area contributed by atoms with E-state index in [1.165, 1.54) is 11.4 Å². The fraction of sp³-hybridized carbons (Fsp3) is 0.444. The molecular weight excluding hydrogens is 393 g/mol. The summed E-state index contributed by atoms with van der Waals surface area (Å²) < 4.78 is 42.7. The Morgan fingerprint density at radius 2 is 2.00 bits per heavy atom. The molecule has 156 valence electrons. The average Bonchev–Trinajstić information content (AvgIpc) is 3.41. The topological polar surface area (TPSA) is 113 Å². The van der Waals surface area contributed by atoms with Crippen LogP contribution >= 0.6 is 0 Å². The van der Waals surface area contributed by atoms with Crippen LogP contribution in [0.3, 0.4) is 0 Å². The van der Waals surface area contributed by atoms with Crippen molar-refractivity contribution in [1.29, 1.82) is 5.26 Å². The van der Waals surface area contributed by atoms with Gasteiger partial charge >= 0.3 is 18.2 Å². The molecule has 0 atom stereocenters. The third-order valence-electron chi connectivity index (χ3n) is 4.11. The van der Waals surface area contributed by atoms with Crippen LogP contribution < -0.4 is 10.6 Å². The van der Waals surface area contributed by atoms with E-state index in [4.69, 9.17) is 0 Å². The minimum absolute atomic E-state index is 0.352. The van der Waals surface area contributed by atoms with Gasteiger partial charge in [-0.15, -0.1) is 0 Å². The first-order chi connectivity index (χ1) is 13.5. The quantitative estimate of drug-likeness (QED) is 0.423. The molecule has 0 radical (unpaired) electrons. The predicted octanol–water partition coefficient (Wildman–Crippen LogP) is 2.28. The zero-order chi connectivity index (χ0) is 21.8.